The van der Waals surface area contributed by atoms with Crippen LogP contribution < -0.4 is 0 Å². The van der Waals surface area contributed by atoms with Gasteiger partial charge in [-0.2, -0.15) is 0 Å². The molecule has 1 saturated heterocycles. The molecule has 0 bridgehead atoms. The summed E-state index contributed by atoms with van der Waals surface area (Å²) in [4.78, 5) is 27.7. The van der Waals surface area contributed by atoms with E-state index in [9.17, 15) is 9.59 Å². The fraction of sp³-hybridized carbons (Fsp3) is 0.500. The highest BCUT2D eigenvalue weighted by atomic mass is 35.5. The Morgan fingerprint density at radius 1 is 1.32 bits per heavy atom. The molecule has 0 aliphatic carbocycles. The van der Waals surface area contributed by atoms with Crippen molar-refractivity contribution in [2.24, 2.45) is 0 Å². The van der Waals surface area contributed by atoms with Crippen LogP contribution in [0.25, 0.3) is 0 Å². The van der Waals surface area contributed by atoms with Crippen LogP contribution in [0.2, 0.25) is 5.02 Å². The van der Waals surface area contributed by atoms with E-state index in [2.05, 4.69) is 0 Å². The number of carbonyl (C=O) groups excluding carboxylic acids is 2. The lowest BCUT2D eigenvalue weighted by molar-refractivity contribution is -0.140. The third-order valence-corrected chi connectivity index (χ3v) is 4.95. The van der Waals surface area contributed by atoms with Crippen LogP contribution in [0.1, 0.15) is 18.4 Å². The first kappa shape index (κ1) is 17.2. The maximum Gasteiger partial charge on any atom is 0.244 e. The van der Waals surface area contributed by atoms with Crippen LogP contribution in [-0.4, -0.2) is 54.0 Å². The Bertz CT molecular complexity index is 533. The number of hydrogen-bond acceptors (Lipinski definition) is 3. The van der Waals surface area contributed by atoms with Crippen molar-refractivity contribution in [1.82, 2.24) is 9.80 Å². The highest BCUT2D eigenvalue weighted by molar-refractivity contribution is 7.99. The van der Waals surface area contributed by atoms with Crippen LogP contribution in [0.15, 0.2) is 24.3 Å². The predicted molar refractivity (Wildman–Crippen MR) is 91.0 cm³/mol. The molecule has 2 amide bonds. The summed E-state index contributed by atoms with van der Waals surface area (Å²) in [7, 11) is 3.47. The molecule has 0 N–H and O–H groups in total. The zero-order chi connectivity index (χ0) is 16.1. The van der Waals surface area contributed by atoms with E-state index in [1.165, 1.54) is 0 Å². The van der Waals surface area contributed by atoms with Gasteiger partial charge in [0, 0.05) is 31.4 Å². The highest BCUT2D eigenvalue weighted by Crippen LogP contribution is 2.21. The van der Waals surface area contributed by atoms with Crippen LogP contribution in [-0.2, 0) is 15.3 Å². The molecular weight excluding hydrogens is 320 g/mol. The summed E-state index contributed by atoms with van der Waals surface area (Å²) in [6.45, 7) is 0.685. The number of rotatable bonds is 5. The quantitative estimate of drug-likeness (QED) is 0.827. The Hall–Kier alpha value is -1.20. The van der Waals surface area contributed by atoms with Crippen molar-refractivity contribution in [2.45, 2.75) is 24.6 Å². The van der Waals surface area contributed by atoms with E-state index in [0.717, 1.165) is 24.2 Å². The van der Waals surface area contributed by atoms with Crippen molar-refractivity contribution in [3.05, 3.63) is 34.9 Å². The summed E-state index contributed by atoms with van der Waals surface area (Å²) >= 11 is 7.42. The fourth-order valence-electron chi connectivity index (χ4n) is 2.54. The van der Waals surface area contributed by atoms with E-state index in [4.69, 9.17) is 11.6 Å². The molecule has 6 heteroatoms. The lowest BCUT2D eigenvalue weighted by atomic mass is 10.2. The van der Waals surface area contributed by atoms with E-state index in [1.807, 2.05) is 24.3 Å². The lowest BCUT2D eigenvalue weighted by Gasteiger charge is -2.26. The topological polar surface area (TPSA) is 40.6 Å². The van der Waals surface area contributed by atoms with Crippen LogP contribution in [0.5, 0.6) is 0 Å². The molecule has 1 aromatic carbocycles. The van der Waals surface area contributed by atoms with Gasteiger partial charge in [0.1, 0.15) is 6.04 Å². The SMILES string of the molecule is CN(C)C(=O)C1CCCN1C(=O)CSCc1ccc(Cl)cc1. The molecule has 0 aromatic heterocycles. The van der Waals surface area contributed by atoms with Gasteiger partial charge >= 0.3 is 0 Å². The third-order valence-electron chi connectivity index (χ3n) is 3.71. The van der Waals surface area contributed by atoms with Crippen molar-refractivity contribution in [2.75, 3.05) is 26.4 Å². The molecule has 1 heterocycles. The summed E-state index contributed by atoms with van der Waals surface area (Å²) < 4.78 is 0. The number of carbonyl (C=O) groups is 2. The number of thioether (sulfide) groups is 1. The second-order valence-electron chi connectivity index (χ2n) is 5.60. The molecule has 1 atom stereocenters. The van der Waals surface area contributed by atoms with Gasteiger partial charge in [0.2, 0.25) is 11.8 Å². The second kappa shape index (κ2) is 7.88. The Kier molecular flexibility index (Phi) is 6.15. The minimum atomic E-state index is -0.279. The molecule has 0 radical (unpaired) electrons. The van der Waals surface area contributed by atoms with E-state index >= 15 is 0 Å². The monoisotopic (exact) mass is 340 g/mol. The van der Waals surface area contributed by atoms with E-state index < -0.39 is 0 Å². The number of benzene rings is 1. The number of nitrogens with zero attached hydrogens (tertiary/aromatic N) is 2. The third kappa shape index (κ3) is 4.40. The molecule has 1 aliphatic rings. The molecule has 120 valence electrons. The smallest absolute Gasteiger partial charge is 0.244 e. The fourth-order valence-corrected chi connectivity index (χ4v) is 3.54. The molecule has 2 rings (SSSR count). The van der Waals surface area contributed by atoms with Crippen molar-refractivity contribution >= 4 is 35.2 Å². The van der Waals surface area contributed by atoms with Gasteiger partial charge in [-0.15, -0.1) is 11.8 Å². The van der Waals surface area contributed by atoms with Gasteiger partial charge in [0.25, 0.3) is 0 Å². The first-order valence-corrected chi connectivity index (χ1v) is 8.85. The van der Waals surface area contributed by atoms with Gasteiger partial charge in [-0.05, 0) is 30.5 Å². The zero-order valence-electron chi connectivity index (χ0n) is 12.9. The van der Waals surface area contributed by atoms with E-state index in [1.54, 1.807) is 35.7 Å². The Morgan fingerprint density at radius 2 is 2.00 bits per heavy atom. The van der Waals surface area contributed by atoms with Crippen LogP contribution >= 0.6 is 23.4 Å². The molecule has 1 fully saturated rings. The largest absolute Gasteiger partial charge is 0.347 e. The minimum Gasteiger partial charge on any atom is -0.347 e. The average molecular weight is 341 g/mol. The second-order valence-corrected chi connectivity index (χ2v) is 7.02. The predicted octanol–water partition coefficient (Wildman–Crippen LogP) is 2.65. The van der Waals surface area contributed by atoms with Crippen LogP contribution in [0.3, 0.4) is 0 Å². The Morgan fingerprint density at radius 3 is 2.64 bits per heavy atom. The van der Waals surface area contributed by atoms with Crippen molar-refractivity contribution in [3.63, 3.8) is 0 Å². The summed E-state index contributed by atoms with van der Waals surface area (Å²) in [6.07, 6.45) is 1.67. The van der Waals surface area contributed by atoms with Crippen molar-refractivity contribution in [1.29, 1.82) is 0 Å². The Labute approximate surface area is 140 Å². The number of halogens is 1. The molecule has 0 saturated carbocycles. The lowest BCUT2D eigenvalue weighted by Crippen LogP contribution is -2.46. The molecule has 0 spiro atoms. The summed E-state index contributed by atoms with van der Waals surface area (Å²) in [6, 6.07) is 7.36. The molecular formula is C16H21ClN2O2S. The molecule has 1 aromatic rings. The number of likely N-dealkylation sites (N-methyl/N-ethyl adjacent to an activating group) is 1. The number of amides is 2. The van der Waals surface area contributed by atoms with E-state index in [-0.39, 0.29) is 17.9 Å². The van der Waals surface area contributed by atoms with Gasteiger partial charge in [-0.1, -0.05) is 23.7 Å². The van der Waals surface area contributed by atoms with Gasteiger partial charge < -0.3 is 9.80 Å². The minimum absolute atomic E-state index is 0.0218. The molecule has 1 unspecified atom stereocenters. The van der Waals surface area contributed by atoms with E-state index in [0.29, 0.717) is 17.3 Å². The van der Waals surface area contributed by atoms with Gasteiger partial charge in [0.05, 0.1) is 5.75 Å². The van der Waals surface area contributed by atoms with Crippen LogP contribution in [0, 0.1) is 0 Å². The number of hydrogen-bond donors (Lipinski definition) is 0. The van der Waals surface area contributed by atoms with Gasteiger partial charge in [-0.25, -0.2) is 0 Å². The first-order chi connectivity index (χ1) is 10.5. The maximum atomic E-state index is 12.3. The summed E-state index contributed by atoms with van der Waals surface area (Å²) in [5, 5.41) is 0.715. The summed E-state index contributed by atoms with van der Waals surface area (Å²) in [5.74, 6) is 1.24. The molecule has 22 heavy (non-hydrogen) atoms. The number of likely N-dealkylation sites (tertiary alicyclic amines) is 1. The molecule has 1 aliphatic heterocycles. The molecule has 4 nitrogen and oxygen atoms in total. The van der Waals surface area contributed by atoms with Crippen molar-refractivity contribution in [3.8, 4) is 0 Å². The van der Waals surface area contributed by atoms with Gasteiger partial charge in [-0.3, -0.25) is 9.59 Å². The maximum absolute atomic E-state index is 12.3. The van der Waals surface area contributed by atoms with Crippen molar-refractivity contribution < 1.29 is 9.59 Å². The highest BCUT2D eigenvalue weighted by Gasteiger charge is 2.34. The zero-order valence-corrected chi connectivity index (χ0v) is 14.5. The summed E-state index contributed by atoms with van der Waals surface area (Å²) in [5.41, 5.74) is 1.14. The standard InChI is InChI=1S/C16H21ClN2O2S/c1-18(2)16(21)14-4-3-9-19(14)15(20)11-22-10-12-5-7-13(17)8-6-12/h5-8,14H,3-4,9-11H2,1-2H3. The van der Waals surface area contributed by atoms with Crippen LogP contribution in [0.4, 0.5) is 0 Å². The average Bonchev–Trinajstić information content (AvgIpc) is 2.97. The van der Waals surface area contributed by atoms with Gasteiger partial charge in [0.15, 0.2) is 0 Å². The normalized spacial score (nSPS) is 17.6. The Balaban J connectivity index is 1.83. The first-order valence-electron chi connectivity index (χ1n) is 7.32.